The number of hydrogen-bond donors (Lipinski definition) is 1. The van der Waals surface area contributed by atoms with Gasteiger partial charge in [0.15, 0.2) is 0 Å². The van der Waals surface area contributed by atoms with Gasteiger partial charge in [-0.25, -0.2) is 0 Å². The molecule has 1 N–H and O–H groups in total. The quantitative estimate of drug-likeness (QED) is 0.745. The normalized spacial score (nSPS) is 41.4. The van der Waals surface area contributed by atoms with E-state index in [9.17, 15) is 5.11 Å². The third kappa shape index (κ3) is 2.41. The Hall–Kier alpha value is -0.120. The molecule has 96 valence electrons. The van der Waals surface area contributed by atoms with Crippen LogP contribution in [0.5, 0.6) is 0 Å². The van der Waals surface area contributed by atoms with Crippen LogP contribution in [0, 0.1) is 5.41 Å². The summed E-state index contributed by atoms with van der Waals surface area (Å²) in [6.07, 6.45) is 0.527. The fraction of sp³-hybridized carbons (Fsp3) is 1.00. The van der Waals surface area contributed by atoms with Gasteiger partial charge >= 0.3 is 0 Å². The van der Waals surface area contributed by atoms with Crippen LogP contribution in [0.2, 0.25) is 0 Å². The zero-order valence-corrected chi connectivity index (χ0v) is 11.7. The maximum atomic E-state index is 10.3. The molecule has 3 unspecified atom stereocenters. The fourth-order valence-corrected chi connectivity index (χ4v) is 2.34. The summed E-state index contributed by atoms with van der Waals surface area (Å²) < 4.78 is 5.93. The van der Waals surface area contributed by atoms with E-state index >= 15 is 0 Å². The Balaban J connectivity index is 2.94. The van der Waals surface area contributed by atoms with Gasteiger partial charge in [0.25, 0.3) is 0 Å². The third-order valence-corrected chi connectivity index (χ3v) is 4.05. The first-order valence-electron chi connectivity index (χ1n) is 6.10. The Kier molecular flexibility index (Phi) is 3.73. The average molecular weight is 229 g/mol. The maximum Gasteiger partial charge on any atom is 0.0980 e. The van der Waals surface area contributed by atoms with Crippen LogP contribution in [0.3, 0.4) is 0 Å². The van der Waals surface area contributed by atoms with Crippen molar-refractivity contribution in [3.05, 3.63) is 0 Å². The smallest absolute Gasteiger partial charge is 0.0980 e. The Morgan fingerprint density at radius 2 is 1.81 bits per heavy atom. The van der Waals surface area contributed by atoms with Gasteiger partial charge in [-0.1, -0.05) is 20.8 Å². The second-order valence-corrected chi connectivity index (χ2v) is 6.60. The minimum atomic E-state index is -0.430. The number of hydrogen-bond acceptors (Lipinski definition) is 3. The van der Waals surface area contributed by atoms with Crippen LogP contribution in [0.25, 0.3) is 0 Å². The number of aliphatic hydroxyl groups excluding tert-OH is 1. The number of aliphatic hydroxyl groups is 1. The van der Waals surface area contributed by atoms with E-state index in [2.05, 4.69) is 32.6 Å². The SMILES string of the molecule is CC1OC(C(C)(C)C)CC(C)(N(C)C)[C@@H]1O. The molecule has 0 radical (unpaired) electrons. The second-order valence-electron chi connectivity index (χ2n) is 6.60. The van der Waals surface area contributed by atoms with Crippen molar-refractivity contribution >= 4 is 0 Å². The summed E-state index contributed by atoms with van der Waals surface area (Å²) in [6, 6.07) is 0. The molecule has 0 spiro atoms. The Labute approximate surface area is 99.8 Å². The molecule has 1 aliphatic rings. The van der Waals surface area contributed by atoms with Gasteiger partial charge in [-0.15, -0.1) is 0 Å². The molecular formula is C13H27NO2. The van der Waals surface area contributed by atoms with E-state index in [1.54, 1.807) is 0 Å². The molecule has 1 saturated heterocycles. The summed E-state index contributed by atoms with van der Waals surface area (Å²) in [6.45, 7) is 10.7. The van der Waals surface area contributed by atoms with Crippen molar-refractivity contribution in [1.29, 1.82) is 0 Å². The zero-order chi connectivity index (χ0) is 12.7. The number of ether oxygens (including phenoxy) is 1. The van der Waals surface area contributed by atoms with Crippen LogP contribution in [-0.2, 0) is 4.74 Å². The third-order valence-electron chi connectivity index (χ3n) is 4.05. The summed E-state index contributed by atoms with van der Waals surface area (Å²) in [5.41, 5.74) is -0.0821. The van der Waals surface area contributed by atoms with Crippen molar-refractivity contribution in [1.82, 2.24) is 4.90 Å². The maximum absolute atomic E-state index is 10.3. The van der Waals surface area contributed by atoms with E-state index in [0.717, 1.165) is 6.42 Å². The van der Waals surface area contributed by atoms with E-state index in [1.807, 2.05) is 21.0 Å². The highest BCUT2D eigenvalue weighted by atomic mass is 16.5. The molecule has 0 saturated carbocycles. The highest BCUT2D eigenvalue weighted by Gasteiger charge is 2.48. The molecule has 0 aromatic heterocycles. The molecule has 3 heteroatoms. The monoisotopic (exact) mass is 229 g/mol. The minimum absolute atomic E-state index is 0.106. The van der Waals surface area contributed by atoms with Crippen LogP contribution in [-0.4, -0.2) is 48.0 Å². The standard InChI is InChI=1S/C13H27NO2/c1-9-11(15)13(5,14(6)7)8-10(16-9)12(2,3)4/h9-11,15H,8H2,1-7H3/t9?,10?,11-,13?/m1/s1. The highest BCUT2D eigenvalue weighted by molar-refractivity contribution is 5.01. The van der Waals surface area contributed by atoms with Gasteiger partial charge in [-0.05, 0) is 39.8 Å². The molecule has 0 amide bonds. The molecule has 0 aromatic rings. The molecule has 1 rings (SSSR count). The summed E-state index contributed by atoms with van der Waals surface area (Å²) in [5.74, 6) is 0. The van der Waals surface area contributed by atoms with Crippen LogP contribution >= 0.6 is 0 Å². The topological polar surface area (TPSA) is 32.7 Å². The first-order chi connectivity index (χ1) is 7.09. The minimum Gasteiger partial charge on any atom is -0.388 e. The van der Waals surface area contributed by atoms with Gasteiger partial charge in [0.2, 0.25) is 0 Å². The Bertz CT molecular complexity index is 247. The number of rotatable bonds is 1. The van der Waals surface area contributed by atoms with Crippen molar-refractivity contribution in [2.24, 2.45) is 5.41 Å². The molecule has 16 heavy (non-hydrogen) atoms. The van der Waals surface area contributed by atoms with Gasteiger partial charge in [0.05, 0.1) is 18.3 Å². The van der Waals surface area contributed by atoms with Crippen molar-refractivity contribution < 1.29 is 9.84 Å². The van der Waals surface area contributed by atoms with E-state index in [4.69, 9.17) is 4.74 Å². The van der Waals surface area contributed by atoms with Crippen molar-refractivity contribution in [2.75, 3.05) is 14.1 Å². The lowest BCUT2D eigenvalue weighted by atomic mass is 9.74. The number of likely N-dealkylation sites (N-methyl/N-ethyl adjacent to an activating group) is 1. The van der Waals surface area contributed by atoms with E-state index in [1.165, 1.54) is 0 Å². The molecule has 3 nitrogen and oxygen atoms in total. The largest absolute Gasteiger partial charge is 0.388 e. The van der Waals surface area contributed by atoms with E-state index in [-0.39, 0.29) is 23.2 Å². The molecule has 0 aliphatic carbocycles. The van der Waals surface area contributed by atoms with Crippen LogP contribution < -0.4 is 0 Å². The van der Waals surface area contributed by atoms with Gasteiger partial charge in [0.1, 0.15) is 0 Å². The summed E-state index contributed by atoms with van der Waals surface area (Å²) in [4.78, 5) is 2.12. The van der Waals surface area contributed by atoms with E-state index < -0.39 is 6.10 Å². The molecule has 1 heterocycles. The molecule has 0 bridgehead atoms. The zero-order valence-electron chi connectivity index (χ0n) is 11.7. The van der Waals surface area contributed by atoms with Gasteiger partial charge < -0.3 is 14.7 Å². The number of nitrogens with zero attached hydrogens (tertiary/aromatic N) is 1. The Morgan fingerprint density at radius 3 is 2.19 bits per heavy atom. The lowest BCUT2D eigenvalue weighted by Gasteiger charge is -2.52. The van der Waals surface area contributed by atoms with E-state index in [0.29, 0.717) is 0 Å². The van der Waals surface area contributed by atoms with Crippen molar-refractivity contribution in [3.8, 4) is 0 Å². The summed E-state index contributed by atoms with van der Waals surface area (Å²) in [5, 5.41) is 10.3. The van der Waals surface area contributed by atoms with Crippen molar-refractivity contribution in [2.45, 2.75) is 64.9 Å². The summed E-state index contributed by atoms with van der Waals surface area (Å²) in [7, 11) is 4.06. The molecule has 4 atom stereocenters. The van der Waals surface area contributed by atoms with Crippen LogP contribution in [0.4, 0.5) is 0 Å². The lowest BCUT2D eigenvalue weighted by Crippen LogP contribution is -2.63. The van der Waals surface area contributed by atoms with Crippen molar-refractivity contribution in [3.63, 3.8) is 0 Å². The predicted octanol–water partition coefficient (Wildman–Crippen LogP) is 1.89. The van der Waals surface area contributed by atoms with Crippen LogP contribution in [0.1, 0.15) is 41.0 Å². The first kappa shape index (κ1) is 13.9. The molecular weight excluding hydrogens is 202 g/mol. The lowest BCUT2D eigenvalue weighted by molar-refractivity contribution is -0.197. The summed E-state index contributed by atoms with van der Waals surface area (Å²) >= 11 is 0. The molecule has 1 fully saturated rings. The molecule has 1 aliphatic heterocycles. The highest BCUT2D eigenvalue weighted by Crippen LogP contribution is 2.39. The Morgan fingerprint density at radius 1 is 1.31 bits per heavy atom. The first-order valence-corrected chi connectivity index (χ1v) is 6.10. The second kappa shape index (κ2) is 4.28. The van der Waals surface area contributed by atoms with Gasteiger partial charge in [0, 0.05) is 5.54 Å². The average Bonchev–Trinajstić information content (AvgIpc) is 2.11. The fourth-order valence-electron chi connectivity index (χ4n) is 2.34. The van der Waals surface area contributed by atoms with Gasteiger partial charge in [-0.2, -0.15) is 0 Å². The van der Waals surface area contributed by atoms with Gasteiger partial charge in [-0.3, -0.25) is 0 Å². The molecule has 0 aromatic carbocycles. The van der Waals surface area contributed by atoms with Crippen LogP contribution in [0.15, 0.2) is 0 Å². The predicted molar refractivity (Wildman–Crippen MR) is 66.5 cm³/mol.